The summed E-state index contributed by atoms with van der Waals surface area (Å²) in [4.78, 5) is 4.15. The van der Waals surface area contributed by atoms with E-state index >= 15 is 0 Å². The second-order valence-corrected chi connectivity index (χ2v) is 5.53. The zero-order valence-electron chi connectivity index (χ0n) is 11.3. The normalized spacial score (nSPS) is 15.8. The van der Waals surface area contributed by atoms with Crippen LogP contribution in [-0.2, 0) is 0 Å². The van der Waals surface area contributed by atoms with Crippen molar-refractivity contribution in [1.82, 2.24) is 24.0 Å². The summed E-state index contributed by atoms with van der Waals surface area (Å²) in [5.74, 6) is 2.23. The van der Waals surface area contributed by atoms with Gasteiger partial charge in [-0.25, -0.2) is 4.98 Å². The molecule has 21 heavy (non-hydrogen) atoms. The summed E-state index contributed by atoms with van der Waals surface area (Å²) >= 11 is 0. The van der Waals surface area contributed by atoms with E-state index in [-0.39, 0.29) is 0 Å². The average molecular weight is 279 g/mol. The van der Waals surface area contributed by atoms with E-state index < -0.39 is 0 Å². The first-order valence-electron chi connectivity index (χ1n) is 7.16. The molecule has 1 fully saturated rings. The SMILES string of the molecule is c1cn2c(-c3ccc4nnc(C5CCC5)n4c3)coc2n1. The van der Waals surface area contributed by atoms with Crippen molar-refractivity contribution in [3.8, 4) is 11.3 Å². The van der Waals surface area contributed by atoms with Crippen molar-refractivity contribution in [3.63, 3.8) is 0 Å². The lowest BCUT2D eigenvalue weighted by Crippen LogP contribution is -2.12. The van der Waals surface area contributed by atoms with E-state index in [2.05, 4.69) is 25.8 Å². The number of rotatable bonds is 2. The molecular weight excluding hydrogens is 266 g/mol. The van der Waals surface area contributed by atoms with Gasteiger partial charge in [0.2, 0.25) is 0 Å². The van der Waals surface area contributed by atoms with Crippen LogP contribution in [-0.4, -0.2) is 24.0 Å². The third-order valence-electron chi connectivity index (χ3n) is 4.34. The van der Waals surface area contributed by atoms with Gasteiger partial charge in [0.25, 0.3) is 0 Å². The summed E-state index contributed by atoms with van der Waals surface area (Å²) in [6.45, 7) is 0. The molecule has 0 radical (unpaired) electrons. The second-order valence-electron chi connectivity index (χ2n) is 5.53. The number of fused-ring (bicyclic) bond motifs is 2. The van der Waals surface area contributed by atoms with Crippen LogP contribution in [0.5, 0.6) is 0 Å². The van der Waals surface area contributed by atoms with Crippen LogP contribution >= 0.6 is 0 Å². The third-order valence-corrected chi connectivity index (χ3v) is 4.34. The summed E-state index contributed by atoms with van der Waals surface area (Å²) in [5.41, 5.74) is 2.95. The predicted octanol–water partition coefficient (Wildman–Crippen LogP) is 2.90. The van der Waals surface area contributed by atoms with Crippen LogP contribution in [0, 0.1) is 0 Å². The van der Waals surface area contributed by atoms with Crippen molar-refractivity contribution >= 4 is 11.5 Å². The smallest absolute Gasteiger partial charge is 0.306 e. The van der Waals surface area contributed by atoms with Gasteiger partial charge in [0.1, 0.15) is 12.1 Å². The van der Waals surface area contributed by atoms with Gasteiger partial charge in [0.05, 0.1) is 5.69 Å². The Balaban J connectivity index is 1.71. The number of pyridine rings is 1. The van der Waals surface area contributed by atoms with E-state index in [1.807, 2.05) is 22.7 Å². The Morgan fingerprint density at radius 3 is 2.95 bits per heavy atom. The predicted molar refractivity (Wildman–Crippen MR) is 76.0 cm³/mol. The van der Waals surface area contributed by atoms with Crippen LogP contribution in [0.3, 0.4) is 0 Å². The number of hydrogen-bond donors (Lipinski definition) is 0. The highest BCUT2D eigenvalue weighted by Crippen LogP contribution is 2.35. The fraction of sp³-hybridized carbons (Fsp3) is 0.267. The zero-order chi connectivity index (χ0) is 13.8. The van der Waals surface area contributed by atoms with Gasteiger partial charge in [-0.15, -0.1) is 10.2 Å². The van der Waals surface area contributed by atoms with Crippen molar-refractivity contribution in [2.24, 2.45) is 0 Å². The molecule has 6 heteroatoms. The Morgan fingerprint density at radius 2 is 2.10 bits per heavy atom. The van der Waals surface area contributed by atoms with Crippen LogP contribution < -0.4 is 0 Å². The molecule has 4 aromatic heterocycles. The van der Waals surface area contributed by atoms with E-state index in [0.717, 1.165) is 22.7 Å². The van der Waals surface area contributed by atoms with Gasteiger partial charge in [0.15, 0.2) is 5.65 Å². The molecule has 104 valence electrons. The van der Waals surface area contributed by atoms with Crippen molar-refractivity contribution in [2.45, 2.75) is 25.2 Å². The van der Waals surface area contributed by atoms with Crippen molar-refractivity contribution in [3.05, 3.63) is 42.8 Å². The standard InChI is InChI=1S/C15H13N5O/c1-2-10(3-1)14-18-17-13-5-4-11(8-20(13)14)12-9-21-15-16-6-7-19(12)15/h4-10H,1-3H2. The first kappa shape index (κ1) is 11.1. The molecule has 5 rings (SSSR count). The number of nitrogens with zero attached hydrogens (tertiary/aromatic N) is 5. The van der Waals surface area contributed by atoms with Gasteiger partial charge in [-0.1, -0.05) is 6.42 Å². The van der Waals surface area contributed by atoms with Gasteiger partial charge in [0, 0.05) is 30.1 Å². The number of hydrogen-bond acceptors (Lipinski definition) is 4. The third kappa shape index (κ3) is 1.50. The fourth-order valence-corrected chi connectivity index (χ4v) is 2.94. The maximum absolute atomic E-state index is 5.46. The molecule has 0 atom stereocenters. The lowest BCUT2D eigenvalue weighted by atomic mass is 9.85. The largest absolute Gasteiger partial charge is 0.431 e. The van der Waals surface area contributed by atoms with E-state index in [4.69, 9.17) is 4.42 Å². The summed E-state index contributed by atoms with van der Waals surface area (Å²) in [6.07, 6.45) is 11.2. The maximum Gasteiger partial charge on any atom is 0.306 e. The Labute approximate surface area is 120 Å². The van der Waals surface area contributed by atoms with Gasteiger partial charge in [-0.3, -0.25) is 8.80 Å². The van der Waals surface area contributed by atoms with E-state index in [1.165, 1.54) is 19.3 Å². The fourth-order valence-electron chi connectivity index (χ4n) is 2.94. The summed E-state index contributed by atoms with van der Waals surface area (Å²) in [7, 11) is 0. The molecule has 0 aliphatic heterocycles. The minimum atomic E-state index is 0.549. The minimum Gasteiger partial charge on any atom is -0.431 e. The highest BCUT2D eigenvalue weighted by atomic mass is 16.3. The first-order chi connectivity index (χ1) is 10.4. The Bertz CT molecular complexity index is 943. The van der Waals surface area contributed by atoms with Gasteiger partial charge < -0.3 is 4.42 Å². The van der Waals surface area contributed by atoms with Crippen LogP contribution in [0.15, 0.2) is 41.4 Å². The number of imidazole rings is 1. The molecule has 4 heterocycles. The average Bonchev–Trinajstić information content (AvgIpc) is 3.11. The summed E-state index contributed by atoms with van der Waals surface area (Å²) in [6, 6.07) is 4.04. The van der Waals surface area contributed by atoms with Crippen LogP contribution in [0.25, 0.3) is 22.7 Å². The van der Waals surface area contributed by atoms with Crippen LogP contribution in [0.4, 0.5) is 0 Å². The molecule has 4 aromatic rings. The van der Waals surface area contributed by atoms with Gasteiger partial charge in [-0.05, 0) is 25.0 Å². The monoisotopic (exact) mass is 279 g/mol. The first-order valence-corrected chi connectivity index (χ1v) is 7.16. The highest BCUT2D eigenvalue weighted by Gasteiger charge is 2.24. The van der Waals surface area contributed by atoms with Gasteiger partial charge >= 0.3 is 5.84 Å². The summed E-state index contributed by atoms with van der Waals surface area (Å²) < 4.78 is 9.50. The molecular formula is C15H13N5O. The highest BCUT2D eigenvalue weighted by molar-refractivity contribution is 5.62. The van der Waals surface area contributed by atoms with Crippen molar-refractivity contribution < 1.29 is 4.42 Å². The van der Waals surface area contributed by atoms with Crippen LogP contribution in [0.2, 0.25) is 0 Å². The lowest BCUT2D eigenvalue weighted by molar-refractivity contribution is 0.399. The zero-order valence-corrected chi connectivity index (χ0v) is 11.3. The summed E-state index contributed by atoms with van der Waals surface area (Å²) in [5, 5.41) is 8.63. The Kier molecular flexibility index (Phi) is 2.08. The molecule has 6 nitrogen and oxygen atoms in total. The van der Waals surface area contributed by atoms with Crippen molar-refractivity contribution in [2.75, 3.05) is 0 Å². The van der Waals surface area contributed by atoms with Crippen molar-refractivity contribution in [1.29, 1.82) is 0 Å². The molecule has 0 aromatic carbocycles. The lowest BCUT2D eigenvalue weighted by Gasteiger charge is -2.23. The topological polar surface area (TPSA) is 60.6 Å². The molecule has 1 saturated carbocycles. The molecule has 0 unspecified atom stereocenters. The molecule has 0 amide bonds. The number of oxazole rings is 1. The van der Waals surface area contributed by atoms with Gasteiger partial charge in [-0.2, -0.15) is 0 Å². The molecule has 1 aliphatic carbocycles. The number of aromatic nitrogens is 5. The molecule has 0 N–H and O–H groups in total. The van der Waals surface area contributed by atoms with E-state index in [9.17, 15) is 0 Å². The molecule has 0 saturated heterocycles. The molecule has 1 aliphatic rings. The van der Waals surface area contributed by atoms with Crippen LogP contribution in [0.1, 0.15) is 31.0 Å². The molecule has 0 spiro atoms. The quantitative estimate of drug-likeness (QED) is 0.566. The Morgan fingerprint density at radius 1 is 1.14 bits per heavy atom. The van der Waals surface area contributed by atoms with E-state index in [1.54, 1.807) is 12.5 Å². The second kappa shape index (κ2) is 3.94. The Hall–Kier alpha value is -2.63. The minimum absolute atomic E-state index is 0.549. The molecule has 0 bridgehead atoms. The van der Waals surface area contributed by atoms with E-state index in [0.29, 0.717) is 11.8 Å². The maximum atomic E-state index is 5.46.